The molecule has 0 aliphatic carbocycles. The van der Waals surface area contributed by atoms with E-state index in [1.165, 1.54) is 24.3 Å². The number of hydrogen-bond donors (Lipinski definition) is 0. The van der Waals surface area contributed by atoms with Crippen molar-refractivity contribution >= 4 is 11.6 Å². The normalized spacial score (nSPS) is 10.1. The molecule has 20 heavy (non-hydrogen) atoms. The molecule has 2 rings (SSSR count). The van der Waals surface area contributed by atoms with Crippen LogP contribution in [0.4, 0.5) is 8.78 Å². The van der Waals surface area contributed by atoms with Crippen LogP contribution in [0.25, 0.3) is 0 Å². The Balaban J connectivity index is 2.21. The molecule has 0 N–H and O–H groups in total. The van der Waals surface area contributed by atoms with Gasteiger partial charge in [0.1, 0.15) is 12.4 Å². The van der Waals surface area contributed by atoms with Crippen molar-refractivity contribution in [2.45, 2.75) is 12.5 Å². The summed E-state index contributed by atoms with van der Waals surface area (Å²) in [6.07, 6.45) is 0. The zero-order valence-electron chi connectivity index (χ0n) is 10.4. The molecule has 0 aliphatic heterocycles. The lowest BCUT2D eigenvalue weighted by Crippen LogP contribution is -2.01. The second kappa shape index (κ2) is 6.36. The van der Waals surface area contributed by atoms with Gasteiger partial charge in [-0.3, -0.25) is 0 Å². The van der Waals surface area contributed by atoms with Crippen LogP contribution in [0.3, 0.4) is 0 Å². The summed E-state index contributed by atoms with van der Waals surface area (Å²) in [6, 6.07) is 10.1. The monoisotopic (exact) mass is 293 g/mol. The summed E-state index contributed by atoms with van der Waals surface area (Å²) in [5.41, 5.74) is 1.16. The van der Waals surface area contributed by atoms with E-state index in [4.69, 9.17) is 21.6 Å². The Kier molecular flexibility index (Phi) is 4.54. The molecule has 0 unspecified atom stereocenters. The first-order chi connectivity index (χ1) is 9.63. The van der Waals surface area contributed by atoms with Crippen LogP contribution in [-0.4, -0.2) is 0 Å². The van der Waals surface area contributed by atoms with Gasteiger partial charge in [0.05, 0.1) is 17.5 Å². The Bertz CT molecular complexity index is 667. The maximum absolute atomic E-state index is 13.7. The predicted molar refractivity (Wildman–Crippen MR) is 71.4 cm³/mol. The van der Waals surface area contributed by atoms with Gasteiger partial charge < -0.3 is 4.74 Å². The van der Waals surface area contributed by atoms with E-state index in [0.717, 1.165) is 6.07 Å². The quantitative estimate of drug-likeness (QED) is 0.793. The lowest BCUT2D eigenvalue weighted by molar-refractivity contribution is 0.287. The number of nitrogens with zero attached hydrogens (tertiary/aromatic N) is 1. The highest BCUT2D eigenvalue weighted by molar-refractivity contribution is 6.17. The maximum atomic E-state index is 13.7. The van der Waals surface area contributed by atoms with E-state index in [1.54, 1.807) is 6.07 Å². The Morgan fingerprint density at radius 3 is 2.70 bits per heavy atom. The summed E-state index contributed by atoms with van der Waals surface area (Å²) in [5.74, 6) is -0.904. The average Bonchev–Trinajstić information content (AvgIpc) is 2.45. The fourth-order valence-corrected chi connectivity index (χ4v) is 1.98. The molecule has 0 atom stereocenters. The van der Waals surface area contributed by atoms with Gasteiger partial charge >= 0.3 is 0 Å². The van der Waals surface area contributed by atoms with E-state index >= 15 is 0 Å². The molecule has 2 aromatic rings. The number of halogens is 3. The lowest BCUT2D eigenvalue weighted by atomic mass is 10.1. The number of para-hydroxylation sites is 1. The molecular formula is C15H10ClF2NO. The Hall–Kier alpha value is -2.12. The number of ether oxygens (including phenoxy) is 1. The molecule has 102 valence electrons. The zero-order chi connectivity index (χ0) is 14.5. The first-order valence-electron chi connectivity index (χ1n) is 5.79. The van der Waals surface area contributed by atoms with Gasteiger partial charge in [0.15, 0.2) is 11.6 Å². The minimum absolute atomic E-state index is 0.0444. The van der Waals surface area contributed by atoms with Crippen LogP contribution in [0, 0.1) is 23.0 Å². The van der Waals surface area contributed by atoms with Crippen LogP contribution >= 0.6 is 11.6 Å². The third-order valence-corrected chi connectivity index (χ3v) is 2.95. The molecule has 0 aromatic heterocycles. The molecule has 0 bridgehead atoms. The largest absolute Gasteiger partial charge is 0.485 e. The topological polar surface area (TPSA) is 33.0 Å². The minimum atomic E-state index is -0.534. The van der Waals surface area contributed by atoms with E-state index in [-0.39, 0.29) is 23.8 Å². The van der Waals surface area contributed by atoms with Crippen LogP contribution in [0.5, 0.6) is 5.75 Å². The standard InChI is InChI=1S/C15H10ClF2NO/c16-7-12-2-1-3-14(18)15(12)20-9-11-4-10(8-19)5-13(17)6-11/h1-6H,7,9H2. The highest BCUT2D eigenvalue weighted by atomic mass is 35.5. The molecule has 0 amide bonds. The fraction of sp³-hybridized carbons (Fsp3) is 0.133. The van der Waals surface area contributed by atoms with Gasteiger partial charge in [-0.05, 0) is 29.8 Å². The second-order valence-corrected chi connectivity index (χ2v) is 4.38. The van der Waals surface area contributed by atoms with E-state index in [1.807, 2.05) is 6.07 Å². The zero-order valence-corrected chi connectivity index (χ0v) is 11.1. The number of benzene rings is 2. The van der Waals surface area contributed by atoms with Gasteiger partial charge in [0, 0.05) is 5.56 Å². The van der Waals surface area contributed by atoms with Gasteiger partial charge in [0.25, 0.3) is 0 Å². The molecule has 0 fully saturated rings. The van der Waals surface area contributed by atoms with Crippen LogP contribution in [0.2, 0.25) is 0 Å². The number of nitriles is 1. The minimum Gasteiger partial charge on any atom is -0.485 e. The fourth-order valence-electron chi connectivity index (χ4n) is 1.77. The third kappa shape index (κ3) is 3.25. The predicted octanol–water partition coefficient (Wildman–Crippen LogP) is 4.15. The molecule has 5 heteroatoms. The van der Waals surface area contributed by atoms with Gasteiger partial charge in [0.2, 0.25) is 0 Å². The first-order valence-corrected chi connectivity index (χ1v) is 6.33. The van der Waals surface area contributed by atoms with E-state index < -0.39 is 11.6 Å². The molecular weight excluding hydrogens is 284 g/mol. The van der Waals surface area contributed by atoms with Gasteiger partial charge in [-0.1, -0.05) is 12.1 Å². The molecule has 2 aromatic carbocycles. The van der Waals surface area contributed by atoms with Crippen LogP contribution in [-0.2, 0) is 12.5 Å². The van der Waals surface area contributed by atoms with Crippen molar-refractivity contribution in [3.63, 3.8) is 0 Å². The average molecular weight is 294 g/mol. The summed E-state index contributed by atoms with van der Waals surface area (Å²) in [6.45, 7) is -0.0444. The molecule has 0 saturated heterocycles. The summed E-state index contributed by atoms with van der Waals surface area (Å²) >= 11 is 5.71. The van der Waals surface area contributed by atoms with Crippen molar-refractivity contribution in [2.75, 3.05) is 0 Å². The molecule has 0 saturated carbocycles. The van der Waals surface area contributed by atoms with Crippen molar-refractivity contribution in [3.05, 3.63) is 64.7 Å². The Morgan fingerprint density at radius 1 is 1.20 bits per heavy atom. The third-order valence-electron chi connectivity index (χ3n) is 2.66. The van der Waals surface area contributed by atoms with E-state index in [9.17, 15) is 8.78 Å². The summed E-state index contributed by atoms with van der Waals surface area (Å²) in [7, 11) is 0. The number of rotatable bonds is 4. The van der Waals surface area contributed by atoms with Crippen molar-refractivity contribution in [2.24, 2.45) is 0 Å². The molecule has 0 heterocycles. The highest BCUT2D eigenvalue weighted by Crippen LogP contribution is 2.25. The SMILES string of the molecule is N#Cc1cc(F)cc(COc2c(F)cccc2CCl)c1. The second-order valence-electron chi connectivity index (χ2n) is 4.11. The Morgan fingerprint density at radius 2 is 2.00 bits per heavy atom. The first kappa shape index (κ1) is 14.3. The number of hydrogen-bond acceptors (Lipinski definition) is 2. The number of alkyl halides is 1. The van der Waals surface area contributed by atoms with Crippen molar-refractivity contribution < 1.29 is 13.5 Å². The van der Waals surface area contributed by atoms with Gasteiger partial charge in [-0.15, -0.1) is 11.6 Å². The molecule has 0 radical (unpaired) electrons. The van der Waals surface area contributed by atoms with Gasteiger partial charge in [-0.25, -0.2) is 8.78 Å². The highest BCUT2D eigenvalue weighted by Gasteiger charge is 2.10. The molecule has 0 spiro atoms. The van der Waals surface area contributed by atoms with Gasteiger partial charge in [-0.2, -0.15) is 5.26 Å². The maximum Gasteiger partial charge on any atom is 0.165 e. The Labute approximate surface area is 120 Å². The van der Waals surface area contributed by atoms with Crippen molar-refractivity contribution in [3.8, 4) is 11.8 Å². The van der Waals surface area contributed by atoms with Crippen molar-refractivity contribution in [1.29, 1.82) is 5.26 Å². The smallest absolute Gasteiger partial charge is 0.165 e. The summed E-state index contributed by atoms with van der Waals surface area (Å²) < 4.78 is 32.3. The van der Waals surface area contributed by atoms with E-state index in [0.29, 0.717) is 11.1 Å². The van der Waals surface area contributed by atoms with Crippen LogP contribution in [0.1, 0.15) is 16.7 Å². The van der Waals surface area contributed by atoms with Crippen LogP contribution in [0.15, 0.2) is 36.4 Å². The molecule has 0 aliphatic rings. The summed E-state index contributed by atoms with van der Waals surface area (Å²) in [4.78, 5) is 0. The van der Waals surface area contributed by atoms with E-state index in [2.05, 4.69) is 0 Å². The summed E-state index contributed by atoms with van der Waals surface area (Å²) in [5, 5.41) is 8.76. The lowest BCUT2D eigenvalue weighted by Gasteiger charge is -2.11. The van der Waals surface area contributed by atoms with Crippen LogP contribution < -0.4 is 4.74 Å². The van der Waals surface area contributed by atoms with Crippen molar-refractivity contribution in [1.82, 2.24) is 0 Å². The molecule has 2 nitrogen and oxygen atoms in total.